The van der Waals surface area contributed by atoms with Crippen LogP contribution in [0.3, 0.4) is 0 Å². The van der Waals surface area contributed by atoms with Crippen LogP contribution in [0.4, 0.5) is 0 Å². The summed E-state index contributed by atoms with van der Waals surface area (Å²) in [5, 5.41) is 0. The third-order valence-electron chi connectivity index (χ3n) is 6.19. The van der Waals surface area contributed by atoms with Crippen molar-refractivity contribution in [3.63, 3.8) is 0 Å². The zero-order chi connectivity index (χ0) is 19.8. The number of hydrogen-bond acceptors (Lipinski definition) is 0. The van der Waals surface area contributed by atoms with E-state index in [2.05, 4.69) is 117 Å². The maximum atomic E-state index is 2.34. The Labute approximate surface area is 173 Å². The lowest BCUT2D eigenvalue weighted by Gasteiger charge is -2.35. The van der Waals surface area contributed by atoms with E-state index in [1.165, 1.54) is 38.9 Å². The van der Waals surface area contributed by atoms with E-state index >= 15 is 0 Å². The van der Waals surface area contributed by atoms with Crippen molar-refractivity contribution in [3.05, 3.63) is 131 Å². The molecule has 0 heterocycles. The number of benzene rings is 4. The van der Waals surface area contributed by atoms with E-state index in [0.29, 0.717) is 5.92 Å². The molecule has 29 heavy (non-hydrogen) atoms. The van der Waals surface area contributed by atoms with Crippen molar-refractivity contribution >= 4 is 0 Å². The molecule has 0 aliphatic heterocycles. The molecule has 0 atom stereocenters. The van der Waals surface area contributed by atoms with Crippen LogP contribution in [0.2, 0.25) is 0 Å². The Morgan fingerprint density at radius 2 is 1.14 bits per heavy atom. The summed E-state index contributed by atoms with van der Waals surface area (Å²) in [4.78, 5) is 0. The molecule has 1 aliphatic carbocycles. The van der Waals surface area contributed by atoms with E-state index in [1.807, 2.05) is 0 Å². The summed E-state index contributed by atoms with van der Waals surface area (Å²) < 4.78 is 0. The molecule has 0 saturated heterocycles. The van der Waals surface area contributed by atoms with Gasteiger partial charge in [-0.1, -0.05) is 117 Å². The van der Waals surface area contributed by atoms with E-state index in [4.69, 9.17) is 0 Å². The van der Waals surface area contributed by atoms with Gasteiger partial charge in [0.2, 0.25) is 0 Å². The summed E-state index contributed by atoms with van der Waals surface area (Å²) in [7, 11) is 0. The first-order valence-electron chi connectivity index (χ1n) is 10.6. The lowest BCUT2D eigenvalue weighted by Crippen LogP contribution is -2.30. The highest BCUT2D eigenvalue weighted by Crippen LogP contribution is 2.57. The first-order valence-corrected chi connectivity index (χ1v) is 10.6. The van der Waals surface area contributed by atoms with Crippen LogP contribution in [-0.2, 0) is 11.8 Å². The van der Waals surface area contributed by atoms with Gasteiger partial charge >= 0.3 is 0 Å². The van der Waals surface area contributed by atoms with Crippen LogP contribution in [0.1, 0.15) is 41.7 Å². The third-order valence-corrected chi connectivity index (χ3v) is 6.19. The summed E-state index contributed by atoms with van der Waals surface area (Å²) in [5.74, 6) is 0.606. The van der Waals surface area contributed by atoms with Gasteiger partial charge < -0.3 is 0 Å². The predicted octanol–water partition coefficient (Wildman–Crippen LogP) is 7.25. The molecule has 1 aliphatic rings. The molecule has 0 heteroatoms. The molecule has 0 radical (unpaired) electrons. The van der Waals surface area contributed by atoms with E-state index < -0.39 is 0 Å². The largest absolute Gasteiger partial charge is 0.0716 e. The van der Waals surface area contributed by atoms with Gasteiger partial charge in [-0.2, -0.15) is 0 Å². The summed E-state index contributed by atoms with van der Waals surface area (Å²) >= 11 is 0. The van der Waals surface area contributed by atoms with Gasteiger partial charge in [0, 0.05) is 0 Å². The van der Waals surface area contributed by atoms with Gasteiger partial charge in [-0.25, -0.2) is 0 Å². The Kier molecular flexibility index (Phi) is 4.36. The first-order chi connectivity index (χ1) is 14.2. The molecule has 0 aromatic heterocycles. The molecule has 0 nitrogen and oxygen atoms in total. The molecule has 4 aromatic carbocycles. The minimum atomic E-state index is -0.278. The second-order valence-corrected chi connectivity index (χ2v) is 8.47. The predicted molar refractivity (Wildman–Crippen MR) is 122 cm³/mol. The van der Waals surface area contributed by atoms with Crippen molar-refractivity contribution in [2.75, 3.05) is 0 Å². The van der Waals surface area contributed by atoms with E-state index in [-0.39, 0.29) is 5.41 Å². The average Bonchev–Trinajstić information content (AvgIpc) is 3.07. The van der Waals surface area contributed by atoms with Crippen molar-refractivity contribution in [2.45, 2.75) is 25.7 Å². The maximum absolute atomic E-state index is 2.34. The lowest BCUT2D eigenvalue weighted by atomic mass is 9.66. The molecule has 0 spiro atoms. The van der Waals surface area contributed by atoms with Crippen molar-refractivity contribution in [1.82, 2.24) is 0 Å². The average molecular weight is 375 g/mol. The van der Waals surface area contributed by atoms with Crippen LogP contribution in [0.25, 0.3) is 11.1 Å². The third kappa shape index (κ3) is 2.67. The minimum Gasteiger partial charge on any atom is -0.0625 e. The Balaban J connectivity index is 1.96. The normalized spacial score (nSPS) is 13.9. The Bertz CT molecular complexity index is 1100. The summed E-state index contributed by atoms with van der Waals surface area (Å²) in [5.41, 5.74) is 9.46. The molecule has 0 unspecified atom stereocenters. The molecule has 0 fully saturated rings. The quantitative estimate of drug-likeness (QED) is 0.311. The maximum Gasteiger partial charge on any atom is 0.0716 e. The van der Waals surface area contributed by atoms with Crippen LogP contribution in [0, 0.1) is 5.92 Å². The lowest BCUT2D eigenvalue weighted by molar-refractivity contribution is 0.633. The van der Waals surface area contributed by atoms with E-state index in [9.17, 15) is 0 Å². The van der Waals surface area contributed by atoms with Crippen molar-refractivity contribution in [1.29, 1.82) is 0 Å². The summed E-state index contributed by atoms with van der Waals surface area (Å²) in [6.45, 7) is 4.63. The standard InChI is InChI=1S/C29H26/c1-21(2)20-22-12-11-18-26-25-17-9-10-19-27(25)29(28(22)26,23-13-5-3-6-14-23)24-15-7-4-8-16-24/h3-19,21H,20H2,1-2H3. The zero-order valence-corrected chi connectivity index (χ0v) is 17.1. The summed E-state index contributed by atoms with van der Waals surface area (Å²) in [6.07, 6.45) is 1.08. The molecule has 4 aromatic rings. The van der Waals surface area contributed by atoms with E-state index in [0.717, 1.165) is 6.42 Å². The first kappa shape index (κ1) is 17.9. The molecule has 142 valence electrons. The topological polar surface area (TPSA) is 0 Å². The van der Waals surface area contributed by atoms with Crippen molar-refractivity contribution in [2.24, 2.45) is 5.92 Å². The highest BCUT2D eigenvalue weighted by Gasteiger charge is 2.47. The number of rotatable bonds is 4. The molecule has 0 amide bonds. The second-order valence-electron chi connectivity index (χ2n) is 8.47. The minimum absolute atomic E-state index is 0.278. The van der Waals surface area contributed by atoms with Gasteiger partial charge in [-0.3, -0.25) is 0 Å². The van der Waals surface area contributed by atoms with Gasteiger partial charge in [-0.15, -0.1) is 0 Å². The Morgan fingerprint density at radius 3 is 1.76 bits per heavy atom. The van der Waals surface area contributed by atoms with Crippen molar-refractivity contribution < 1.29 is 0 Å². The number of fused-ring (bicyclic) bond motifs is 3. The van der Waals surface area contributed by atoms with Gasteiger partial charge in [-0.05, 0) is 51.3 Å². The van der Waals surface area contributed by atoms with E-state index in [1.54, 1.807) is 0 Å². The molecular weight excluding hydrogens is 348 g/mol. The van der Waals surface area contributed by atoms with Gasteiger partial charge in [0.1, 0.15) is 0 Å². The fourth-order valence-electron chi connectivity index (χ4n) is 5.20. The van der Waals surface area contributed by atoms with Crippen LogP contribution in [0.5, 0.6) is 0 Å². The Morgan fingerprint density at radius 1 is 0.586 bits per heavy atom. The Hall–Kier alpha value is -3.12. The highest BCUT2D eigenvalue weighted by molar-refractivity contribution is 5.87. The molecular formula is C29H26. The van der Waals surface area contributed by atoms with Gasteiger partial charge in [0.15, 0.2) is 0 Å². The second kappa shape index (κ2) is 7.04. The molecule has 0 saturated carbocycles. The van der Waals surface area contributed by atoms with Gasteiger partial charge in [0.05, 0.1) is 5.41 Å². The van der Waals surface area contributed by atoms with Crippen LogP contribution >= 0.6 is 0 Å². The van der Waals surface area contributed by atoms with Crippen molar-refractivity contribution in [3.8, 4) is 11.1 Å². The molecule has 0 bridgehead atoms. The highest BCUT2D eigenvalue weighted by atomic mass is 14.5. The van der Waals surface area contributed by atoms with Crippen LogP contribution in [-0.4, -0.2) is 0 Å². The fraction of sp³-hybridized carbons (Fsp3) is 0.172. The summed E-state index contributed by atoms with van der Waals surface area (Å²) in [6, 6.07) is 38.0. The zero-order valence-electron chi connectivity index (χ0n) is 17.1. The fourth-order valence-corrected chi connectivity index (χ4v) is 5.20. The smallest absolute Gasteiger partial charge is 0.0625 e. The van der Waals surface area contributed by atoms with Gasteiger partial charge in [0.25, 0.3) is 0 Å². The molecule has 5 rings (SSSR count). The molecule has 0 N–H and O–H groups in total. The SMILES string of the molecule is CC(C)Cc1cccc2c1C(c1ccccc1)(c1ccccc1)c1ccccc1-2. The van der Waals surface area contributed by atoms with Crippen LogP contribution in [0.15, 0.2) is 103 Å². The van der Waals surface area contributed by atoms with Crippen LogP contribution < -0.4 is 0 Å². The monoisotopic (exact) mass is 374 g/mol. The number of hydrogen-bond donors (Lipinski definition) is 0.